The van der Waals surface area contributed by atoms with Crippen LogP contribution >= 0.6 is 11.3 Å². The van der Waals surface area contributed by atoms with Crippen LogP contribution in [0.25, 0.3) is 0 Å². The maximum atomic E-state index is 5.76. The molecule has 4 rings (SSSR count). The van der Waals surface area contributed by atoms with Crippen molar-refractivity contribution in [2.24, 2.45) is 0 Å². The van der Waals surface area contributed by atoms with Crippen molar-refractivity contribution in [2.45, 2.75) is 25.7 Å². The van der Waals surface area contributed by atoms with Crippen LogP contribution in [0, 0.1) is 0 Å². The molecule has 1 saturated heterocycles. The van der Waals surface area contributed by atoms with Crippen LogP contribution in [0.2, 0.25) is 0 Å². The maximum absolute atomic E-state index is 5.76. The van der Waals surface area contributed by atoms with E-state index in [1.54, 1.807) is 11.3 Å². The Kier molecular flexibility index (Phi) is 4.08. The Morgan fingerprint density at radius 3 is 2.57 bits per heavy atom. The van der Waals surface area contributed by atoms with Gasteiger partial charge in [0.15, 0.2) is 0 Å². The van der Waals surface area contributed by atoms with Crippen LogP contribution in [-0.2, 0) is 0 Å². The third-order valence-electron chi connectivity index (χ3n) is 4.41. The molecule has 2 heterocycles. The van der Waals surface area contributed by atoms with Crippen LogP contribution in [0.3, 0.4) is 0 Å². The van der Waals surface area contributed by atoms with Gasteiger partial charge in [-0.05, 0) is 31.9 Å². The van der Waals surface area contributed by atoms with Gasteiger partial charge >= 0.3 is 0 Å². The van der Waals surface area contributed by atoms with Gasteiger partial charge in [-0.3, -0.25) is 0 Å². The minimum absolute atomic E-state index is 0.695. The number of anilines is 2. The molecular weight excluding hydrogens is 308 g/mol. The number of hydrogen-bond acceptors (Lipinski definition) is 6. The van der Waals surface area contributed by atoms with Crippen molar-refractivity contribution in [3.05, 3.63) is 29.3 Å². The molecule has 0 amide bonds. The van der Waals surface area contributed by atoms with E-state index in [4.69, 9.17) is 4.74 Å². The van der Waals surface area contributed by atoms with Crippen molar-refractivity contribution in [1.29, 1.82) is 0 Å². The standard InChI is InChI=1S/C17H22N4OS/c1-2-22-15-6-4-3-5-14(15)20-9-11-21(12-10-20)17-19-18-16(23-17)13-7-8-13/h3-6,13H,2,7-12H2,1H3. The molecule has 0 unspecified atom stereocenters. The summed E-state index contributed by atoms with van der Waals surface area (Å²) in [5.74, 6) is 1.68. The third-order valence-corrected chi connectivity index (χ3v) is 5.56. The number of aromatic nitrogens is 2. The molecule has 1 aromatic carbocycles. The Morgan fingerprint density at radius 2 is 1.83 bits per heavy atom. The molecule has 122 valence electrons. The van der Waals surface area contributed by atoms with Gasteiger partial charge < -0.3 is 14.5 Å². The van der Waals surface area contributed by atoms with E-state index in [2.05, 4.69) is 38.2 Å². The predicted molar refractivity (Wildman–Crippen MR) is 93.9 cm³/mol. The SMILES string of the molecule is CCOc1ccccc1N1CCN(c2nnc(C3CC3)s2)CC1. The third kappa shape index (κ3) is 3.13. The van der Waals surface area contributed by atoms with Crippen molar-refractivity contribution < 1.29 is 4.74 Å². The van der Waals surface area contributed by atoms with E-state index in [9.17, 15) is 0 Å². The quantitative estimate of drug-likeness (QED) is 0.842. The van der Waals surface area contributed by atoms with E-state index in [0.717, 1.165) is 37.1 Å². The number of ether oxygens (including phenoxy) is 1. The highest BCUT2D eigenvalue weighted by Crippen LogP contribution is 2.42. The molecule has 5 nitrogen and oxygen atoms in total. The maximum Gasteiger partial charge on any atom is 0.208 e. The first-order chi connectivity index (χ1) is 11.3. The van der Waals surface area contributed by atoms with E-state index in [1.165, 1.54) is 23.5 Å². The Labute approximate surface area is 140 Å². The molecule has 0 atom stereocenters. The lowest BCUT2D eigenvalue weighted by atomic mass is 10.2. The summed E-state index contributed by atoms with van der Waals surface area (Å²) in [6.45, 7) is 6.68. The number of para-hydroxylation sites is 2. The van der Waals surface area contributed by atoms with Crippen LogP contribution in [0.1, 0.15) is 30.7 Å². The van der Waals surface area contributed by atoms with Gasteiger partial charge in [0.25, 0.3) is 0 Å². The summed E-state index contributed by atoms with van der Waals surface area (Å²) < 4.78 is 5.76. The van der Waals surface area contributed by atoms with Crippen molar-refractivity contribution in [1.82, 2.24) is 10.2 Å². The van der Waals surface area contributed by atoms with Crippen molar-refractivity contribution >= 4 is 22.2 Å². The number of benzene rings is 1. The first kappa shape index (κ1) is 14.8. The monoisotopic (exact) mass is 330 g/mol. The Hall–Kier alpha value is -1.82. The zero-order valence-corrected chi connectivity index (χ0v) is 14.3. The van der Waals surface area contributed by atoms with Crippen LogP contribution in [0.5, 0.6) is 5.75 Å². The fourth-order valence-electron chi connectivity index (χ4n) is 2.98. The normalized spacial score (nSPS) is 18.3. The van der Waals surface area contributed by atoms with Gasteiger partial charge in [0.05, 0.1) is 12.3 Å². The highest BCUT2D eigenvalue weighted by atomic mass is 32.1. The molecule has 23 heavy (non-hydrogen) atoms. The fourth-order valence-corrected chi connectivity index (χ4v) is 4.05. The topological polar surface area (TPSA) is 41.5 Å². The van der Waals surface area contributed by atoms with Crippen LogP contribution in [-0.4, -0.2) is 43.0 Å². The molecule has 1 aromatic heterocycles. The lowest BCUT2D eigenvalue weighted by Gasteiger charge is -2.36. The van der Waals surface area contributed by atoms with Gasteiger partial charge in [-0.15, -0.1) is 10.2 Å². The van der Waals surface area contributed by atoms with E-state index in [-0.39, 0.29) is 0 Å². The van der Waals surface area contributed by atoms with E-state index >= 15 is 0 Å². The minimum atomic E-state index is 0.695. The summed E-state index contributed by atoms with van der Waals surface area (Å²) in [5, 5.41) is 11.1. The van der Waals surface area contributed by atoms with Crippen LogP contribution in [0.4, 0.5) is 10.8 Å². The number of nitrogens with zero attached hydrogens (tertiary/aromatic N) is 4. The first-order valence-corrected chi connectivity index (χ1v) is 9.22. The summed E-state index contributed by atoms with van der Waals surface area (Å²) in [5.41, 5.74) is 1.20. The molecule has 0 radical (unpaired) electrons. The Bertz CT molecular complexity index is 662. The predicted octanol–water partition coefficient (Wildman–Crippen LogP) is 3.14. The lowest BCUT2D eigenvalue weighted by Crippen LogP contribution is -2.46. The molecule has 0 N–H and O–H groups in total. The molecule has 1 aliphatic heterocycles. The summed E-state index contributed by atoms with van der Waals surface area (Å²) in [6.07, 6.45) is 2.58. The zero-order valence-electron chi connectivity index (χ0n) is 13.4. The number of rotatable bonds is 5. The molecule has 0 spiro atoms. The molecule has 1 aliphatic carbocycles. The highest BCUT2D eigenvalue weighted by Gasteiger charge is 2.29. The highest BCUT2D eigenvalue weighted by molar-refractivity contribution is 7.15. The summed E-state index contributed by atoms with van der Waals surface area (Å²) in [7, 11) is 0. The lowest BCUT2D eigenvalue weighted by molar-refractivity contribution is 0.340. The largest absolute Gasteiger partial charge is 0.492 e. The van der Waals surface area contributed by atoms with E-state index < -0.39 is 0 Å². The van der Waals surface area contributed by atoms with Crippen LogP contribution < -0.4 is 14.5 Å². The molecule has 6 heteroatoms. The summed E-state index contributed by atoms with van der Waals surface area (Å²) in [6, 6.07) is 8.32. The van der Waals surface area contributed by atoms with Gasteiger partial charge in [-0.25, -0.2) is 0 Å². The van der Waals surface area contributed by atoms with Crippen LogP contribution in [0.15, 0.2) is 24.3 Å². The zero-order chi connectivity index (χ0) is 15.6. The number of piperazine rings is 1. The second-order valence-electron chi connectivity index (χ2n) is 6.07. The van der Waals surface area contributed by atoms with E-state index in [1.807, 2.05) is 13.0 Å². The van der Waals surface area contributed by atoms with Crippen molar-refractivity contribution in [3.63, 3.8) is 0 Å². The summed E-state index contributed by atoms with van der Waals surface area (Å²) in [4.78, 5) is 4.77. The molecular formula is C17H22N4OS. The fraction of sp³-hybridized carbons (Fsp3) is 0.529. The average Bonchev–Trinajstić information content (AvgIpc) is 3.33. The number of hydrogen-bond donors (Lipinski definition) is 0. The van der Waals surface area contributed by atoms with Gasteiger partial charge in [-0.1, -0.05) is 23.5 Å². The molecule has 2 fully saturated rings. The average molecular weight is 330 g/mol. The van der Waals surface area contributed by atoms with Gasteiger partial charge in [-0.2, -0.15) is 0 Å². The Morgan fingerprint density at radius 1 is 1.09 bits per heavy atom. The summed E-state index contributed by atoms with van der Waals surface area (Å²) >= 11 is 1.78. The minimum Gasteiger partial charge on any atom is -0.492 e. The molecule has 0 bridgehead atoms. The second kappa shape index (κ2) is 6.35. The molecule has 2 aromatic rings. The van der Waals surface area contributed by atoms with E-state index in [0.29, 0.717) is 12.5 Å². The van der Waals surface area contributed by atoms with Crippen molar-refractivity contribution in [3.8, 4) is 5.75 Å². The van der Waals surface area contributed by atoms with Gasteiger partial charge in [0.2, 0.25) is 5.13 Å². The molecule has 1 saturated carbocycles. The second-order valence-corrected chi connectivity index (χ2v) is 7.06. The smallest absolute Gasteiger partial charge is 0.208 e. The van der Waals surface area contributed by atoms with Gasteiger partial charge in [0, 0.05) is 32.1 Å². The molecule has 2 aliphatic rings. The first-order valence-electron chi connectivity index (χ1n) is 8.40. The Balaban J connectivity index is 1.42. The van der Waals surface area contributed by atoms with Gasteiger partial charge in [0.1, 0.15) is 10.8 Å². The van der Waals surface area contributed by atoms with Crippen molar-refractivity contribution in [2.75, 3.05) is 42.6 Å².